The monoisotopic (exact) mass is 484 g/mol. The van der Waals surface area contributed by atoms with Gasteiger partial charge in [0, 0.05) is 22.4 Å². The molecule has 1 aliphatic heterocycles. The summed E-state index contributed by atoms with van der Waals surface area (Å²) in [5.41, 5.74) is 4.41. The molecular weight excluding hydrogens is 456 g/mol. The second-order valence-corrected chi connectivity index (χ2v) is 9.27. The highest BCUT2D eigenvalue weighted by atomic mass is 16.5. The van der Waals surface area contributed by atoms with Gasteiger partial charge in [0.1, 0.15) is 5.75 Å². The first-order valence-electron chi connectivity index (χ1n) is 11.6. The molecule has 0 unspecified atom stereocenters. The number of carbonyl (C=O) groups is 3. The predicted molar refractivity (Wildman–Crippen MR) is 138 cm³/mol. The van der Waals surface area contributed by atoms with Gasteiger partial charge in [-0.2, -0.15) is 0 Å². The van der Waals surface area contributed by atoms with Crippen LogP contribution in [0.15, 0.2) is 71.7 Å². The van der Waals surface area contributed by atoms with E-state index in [1.54, 1.807) is 43.5 Å². The molecule has 36 heavy (non-hydrogen) atoms. The largest absolute Gasteiger partial charge is 0.497 e. The molecule has 0 fully saturated rings. The van der Waals surface area contributed by atoms with Crippen molar-refractivity contribution in [1.82, 2.24) is 0 Å². The van der Waals surface area contributed by atoms with Gasteiger partial charge in [0.15, 0.2) is 5.78 Å². The van der Waals surface area contributed by atoms with Crippen molar-refractivity contribution in [3.05, 3.63) is 94.5 Å². The number of Topliss-reactive ketones (excluding diaryl/α,β-unsaturated/α-hetero) is 1. The molecule has 1 heterocycles. The van der Waals surface area contributed by atoms with E-state index in [4.69, 9.17) is 9.73 Å². The van der Waals surface area contributed by atoms with Crippen molar-refractivity contribution in [3.63, 3.8) is 0 Å². The number of esters is 1. The van der Waals surface area contributed by atoms with Gasteiger partial charge in [-0.15, -0.1) is 0 Å². The summed E-state index contributed by atoms with van der Waals surface area (Å²) >= 11 is 0. The van der Waals surface area contributed by atoms with E-state index >= 15 is 0 Å². The van der Waals surface area contributed by atoms with Gasteiger partial charge < -0.3 is 14.8 Å². The topological polar surface area (TPSA) is 94.1 Å². The van der Waals surface area contributed by atoms with Gasteiger partial charge in [-0.3, -0.25) is 14.6 Å². The lowest BCUT2D eigenvalue weighted by atomic mass is 9.85. The number of fused-ring (bicyclic) bond motifs is 1. The number of rotatable bonds is 7. The molecule has 0 aromatic heterocycles. The van der Waals surface area contributed by atoms with E-state index in [1.807, 2.05) is 18.2 Å². The van der Waals surface area contributed by atoms with Crippen LogP contribution in [0.25, 0.3) is 0 Å². The smallest absolute Gasteiger partial charge is 0.337 e. The summed E-state index contributed by atoms with van der Waals surface area (Å²) in [5, 5.41) is 2.80. The Labute approximate surface area is 210 Å². The number of anilines is 1. The van der Waals surface area contributed by atoms with Crippen molar-refractivity contribution < 1.29 is 23.9 Å². The molecule has 0 spiro atoms. The Morgan fingerprint density at radius 3 is 2.17 bits per heavy atom. The van der Waals surface area contributed by atoms with Gasteiger partial charge in [0.2, 0.25) is 0 Å². The molecular formula is C29H28N2O5. The van der Waals surface area contributed by atoms with Crippen LogP contribution in [0, 0.1) is 0 Å². The minimum Gasteiger partial charge on any atom is -0.497 e. The minimum atomic E-state index is -0.465. The second kappa shape index (κ2) is 10.2. The number of amides is 1. The average molecular weight is 485 g/mol. The van der Waals surface area contributed by atoms with Gasteiger partial charge in [0.25, 0.3) is 5.91 Å². The molecule has 0 aliphatic carbocycles. The van der Waals surface area contributed by atoms with Crippen LogP contribution >= 0.6 is 0 Å². The highest BCUT2D eigenvalue weighted by molar-refractivity contribution is 6.17. The van der Waals surface area contributed by atoms with E-state index in [2.05, 4.69) is 23.9 Å². The van der Waals surface area contributed by atoms with E-state index in [0.29, 0.717) is 22.4 Å². The molecule has 0 radical (unpaired) electrons. The maximum atomic E-state index is 13.1. The van der Waals surface area contributed by atoms with Crippen LogP contribution in [-0.4, -0.2) is 43.1 Å². The highest BCUT2D eigenvalue weighted by Crippen LogP contribution is 2.31. The van der Waals surface area contributed by atoms with Crippen molar-refractivity contribution in [2.75, 3.05) is 19.5 Å². The first kappa shape index (κ1) is 24.9. The molecule has 3 aromatic carbocycles. The van der Waals surface area contributed by atoms with Gasteiger partial charge in [-0.1, -0.05) is 6.07 Å². The van der Waals surface area contributed by atoms with Crippen molar-refractivity contribution in [1.29, 1.82) is 0 Å². The zero-order valence-electron chi connectivity index (χ0n) is 20.8. The Bertz CT molecular complexity index is 1340. The molecule has 1 N–H and O–H groups in total. The lowest BCUT2D eigenvalue weighted by molar-refractivity contribution is 0.0600. The Morgan fingerprint density at radius 2 is 1.53 bits per heavy atom. The molecule has 0 saturated carbocycles. The second-order valence-electron chi connectivity index (χ2n) is 9.27. The third-order valence-corrected chi connectivity index (χ3v) is 6.05. The summed E-state index contributed by atoms with van der Waals surface area (Å²) in [4.78, 5) is 42.1. The summed E-state index contributed by atoms with van der Waals surface area (Å²) in [7, 11) is 2.92. The third-order valence-electron chi connectivity index (χ3n) is 6.05. The molecule has 7 nitrogen and oxygen atoms in total. The number of nitrogens with zero attached hydrogens (tertiary/aromatic N) is 1. The van der Waals surface area contributed by atoms with E-state index in [-0.39, 0.29) is 23.7 Å². The molecule has 184 valence electrons. The van der Waals surface area contributed by atoms with Gasteiger partial charge in [-0.05, 0) is 86.5 Å². The Hall–Kier alpha value is -4.26. The Kier molecular flexibility index (Phi) is 7.01. The normalized spacial score (nSPS) is 13.7. The molecule has 0 bridgehead atoms. The number of benzene rings is 3. The van der Waals surface area contributed by atoms with Crippen LogP contribution in [0.3, 0.4) is 0 Å². The van der Waals surface area contributed by atoms with E-state index in [1.165, 1.54) is 19.2 Å². The van der Waals surface area contributed by atoms with Gasteiger partial charge >= 0.3 is 5.97 Å². The van der Waals surface area contributed by atoms with Crippen molar-refractivity contribution in [2.45, 2.75) is 32.2 Å². The van der Waals surface area contributed by atoms with Crippen LogP contribution < -0.4 is 10.1 Å². The first-order valence-corrected chi connectivity index (χ1v) is 11.6. The SMILES string of the molecule is COC(=O)c1ccc(C(=O)Nc2ccc(C(=O)CC3=NC(C)(C)Cc4ccc(OC)cc43)cc2)cc1. The number of ketones is 1. The maximum Gasteiger partial charge on any atom is 0.337 e. The van der Waals surface area contributed by atoms with Crippen molar-refractivity contribution in [3.8, 4) is 5.75 Å². The number of ether oxygens (including phenoxy) is 2. The summed E-state index contributed by atoms with van der Waals surface area (Å²) in [6, 6.07) is 18.9. The van der Waals surface area contributed by atoms with Crippen LogP contribution in [0.5, 0.6) is 5.75 Å². The Balaban J connectivity index is 1.45. The number of hydrogen-bond acceptors (Lipinski definition) is 6. The average Bonchev–Trinajstić information content (AvgIpc) is 2.87. The molecule has 3 aromatic rings. The molecule has 1 aliphatic rings. The molecule has 0 saturated heterocycles. The lowest BCUT2D eigenvalue weighted by Crippen LogP contribution is -2.30. The lowest BCUT2D eigenvalue weighted by Gasteiger charge is -2.29. The number of aliphatic imine (C=N–C) groups is 1. The fourth-order valence-corrected chi connectivity index (χ4v) is 4.24. The Morgan fingerprint density at radius 1 is 0.889 bits per heavy atom. The quantitative estimate of drug-likeness (QED) is 0.371. The van der Waals surface area contributed by atoms with Gasteiger partial charge in [0.05, 0.1) is 37.5 Å². The van der Waals surface area contributed by atoms with Gasteiger partial charge in [-0.25, -0.2) is 4.79 Å². The number of hydrogen-bond donors (Lipinski definition) is 1. The summed E-state index contributed by atoms with van der Waals surface area (Å²) in [6.07, 6.45) is 0.964. The first-order chi connectivity index (χ1) is 17.2. The molecule has 1 amide bonds. The number of methoxy groups -OCH3 is 2. The molecule has 0 atom stereocenters. The third kappa shape index (κ3) is 5.51. The fourth-order valence-electron chi connectivity index (χ4n) is 4.24. The maximum absolute atomic E-state index is 13.1. The zero-order valence-corrected chi connectivity index (χ0v) is 20.8. The van der Waals surface area contributed by atoms with Crippen LogP contribution in [-0.2, 0) is 11.2 Å². The number of nitrogens with one attached hydrogen (secondary N) is 1. The van der Waals surface area contributed by atoms with E-state index in [9.17, 15) is 14.4 Å². The van der Waals surface area contributed by atoms with E-state index in [0.717, 1.165) is 29.0 Å². The zero-order chi connectivity index (χ0) is 25.9. The molecule has 4 rings (SSSR count). The van der Waals surface area contributed by atoms with Crippen LogP contribution in [0.1, 0.15) is 62.5 Å². The standard InChI is InChI=1S/C29H28N2O5/c1-29(2)17-21-11-14-23(35-3)15-24(21)25(31-29)16-26(32)18-9-12-22(13-10-18)30-27(33)19-5-7-20(8-6-19)28(34)36-4/h5-15H,16-17H2,1-4H3,(H,30,33). The van der Waals surface area contributed by atoms with Crippen molar-refractivity contribution in [2.24, 2.45) is 4.99 Å². The highest BCUT2D eigenvalue weighted by Gasteiger charge is 2.28. The summed E-state index contributed by atoms with van der Waals surface area (Å²) < 4.78 is 10.0. The summed E-state index contributed by atoms with van der Waals surface area (Å²) in [5.74, 6) is -0.118. The molecule has 7 heteroatoms. The predicted octanol–water partition coefficient (Wildman–Crippen LogP) is 5.13. The van der Waals surface area contributed by atoms with Crippen LogP contribution in [0.4, 0.5) is 5.69 Å². The minimum absolute atomic E-state index is 0.0588. The number of carbonyl (C=O) groups excluding carboxylic acids is 3. The van der Waals surface area contributed by atoms with E-state index < -0.39 is 5.97 Å². The fraction of sp³-hybridized carbons (Fsp3) is 0.241. The van der Waals surface area contributed by atoms with Crippen molar-refractivity contribution >= 4 is 29.1 Å². The summed E-state index contributed by atoms with van der Waals surface area (Å²) in [6.45, 7) is 4.12. The van der Waals surface area contributed by atoms with Crippen LogP contribution in [0.2, 0.25) is 0 Å².